The van der Waals surface area contributed by atoms with Gasteiger partial charge in [-0.25, -0.2) is 0 Å². The van der Waals surface area contributed by atoms with Gasteiger partial charge in [-0.05, 0) is 0 Å². The van der Waals surface area contributed by atoms with Crippen molar-refractivity contribution in [1.29, 1.82) is 0 Å². The van der Waals surface area contributed by atoms with Crippen LogP contribution in [0.2, 0.25) is 0 Å². The third-order valence-corrected chi connectivity index (χ3v) is 2.12. The van der Waals surface area contributed by atoms with Crippen LogP contribution in [0.25, 0.3) is 0 Å². The van der Waals surface area contributed by atoms with Gasteiger partial charge in [-0.15, -0.1) is 6.58 Å². The summed E-state index contributed by atoms with van der Waals surface area (Å²) in [6.07, 6.45) is 1.09. The second kappa shape index (κ2) is 6.55. The first-order valence-electron chi connectivity index (χ1n) is 4.99. The number of amides is 1. The van der Waals surface area contributed by atoms with Gasteiger partial charge in [0.1, 0.15) is 0 Å². The van der Waals surface area contributed by atoms with Crippen molar-refractivity contribution in [2.45, 2.75) is 6.10 Å². The third kappa shape index (κ3) is 3.62. The van der Waals surface area contributed by atoms with Crippen LogP contribution < -0.4 is 0 Å². The Morgan fingerprint density at radius 2 is 2.40 bits per heavy atom. The summed E-state index contributed by atoms with van der Waals surface area (Å²) >= 11 is 0. The average Bonchev–Trinajstić information content (AvgIpc) is 2.29. The van der Waals surface area contributed by atoms with E-state index in [4.69, 9.17) is 14.6 Å². The maximum atomic E-state index is 11.8. The molecule has 1 fully saturated rings. The van der Waals surface area contributed by atoms with Gasteiger partial charge in [0.25, 0.3) is 5.91 Å². The highest BCUT2D eigenvalue weighted by Crippen LogP contribution is 2.05. The second-order valence-electron chi connectivity index (χ2n) is 3.23. The molecule has 0 aromatic heterocycles. The Labute approximate surface area is 89.3 Å². The van der Waals surface area contributed by atoms with E-state index in [0.29, 0.717) is 26.3 Å². The highest BCUT2D eigenvalue weighted by molar-refractivity contribution is 5.81. The van der Waals surface area contributed by atoms with E-state index in [0.717, 1.165) is 0 Å². The standard InChI is InChI=1S/C10H17NO4/c1-2-3-11(4-5-12)10(13)9-8-14-6-7-15-9/h2,9,12H,1,3-8H2. The Morgan fingerprint density at radius 3 is 2.93 bits per heavy atom. The maximum absolute atomic E-state index is 11.8. The van der Waals surface area contributed by atoms with Gasteiger partial charge in [0, 0.05) is 13.1 Å². The lowest BCUT2D eigenvalue weighted by Crippen LogP contribution is -2.46. The Bertz CT molecular complexity index is 213. The smallest absolute Gasteiger partial charge is 0.254 e. The lowest BCUT2D eigenvalue weighted by molar-refractivity contribution is -0.157. The Kier molecular flexibility index (Phi) is 5.31. The largest absolute Gasteiger partial charge is 0.395 e. The fourth-order valence-corrected chi connectivity index (χ4v) is 1.40. The molecule has 0 saturated carbocycles. The van der Waals surface area contributed by atoms with Crippen molar-refractivity contribution >= 4 is 5.91 Å². The van der Waals surface area contributed by atoms with E-state index in [1.54, 1.807) is 6.08 Å². The number of carbonyl (C=O) groups excluding carboxylic acids is 1. The van der Waals surface area contributed by atoms with E-state index in [2.05, 4.69) is 6.58 Å². The van der Waals surface area contributed by atoms with Crippen molar-refractivity contribution in [3.8, 4) is 0 Å². The first kappa shape index (κ1) is 12.2. The van der Waals surface area contributed by atoms with Crippen LogP contribution >= 0.6 is 0 Å². The summed E-state index contributed by atoms with van der Waals surface area (Å²) < 4.78 is 10.4. The molecule has 5 nitrogen and oxygen atoms in total. The van der Waals surface area contributed by atoms with Crippen molar-refractivity contribution in [3.05, 3.63) is 12.7 Å². The van der Waals surface area contributed by atoms with Crippen molar-refractivity contribution in [2.75, 3.05) is 39.5 Å². The molecule has 1 N–H and O–H groups in total. The minimum Gasteiger partial charge on any atom is -0.395 e. The molecule has 1 aliphatic rings. The van der Waals surface area contributed by atoms with Crippen LogP contribution in [-0.2, 0) is 14.3 Å². The zero-order chi connectivity index (χ0) is 11.1. The van der Waals surface area contributed by atoms with Crippen LogP contribution in [0.4, 0.5) is 0 Å². The van der Waals surface area contributed by atoms with Gasteiger partial charge in [0.15, 0.2) is 6.10 Å². The molecule has 1 heterocycles. The topological polar surface area (TPSA) is 59.0 Å². The molecule has 0 spiro atoms. The van der Waals surface area contributed by atoms with E-state index in [1.807, 2.05) is 0 Å². The minimum atomic E-state index is -0.537. The van der Waals surface area contributed by atoms with Gasteiger partial charge in [-0.1, -0.05) is 6.08 Å². The van der Waals surface area contributed by atoms with E-state index >= 15 is 0 Å². The molecule has 0 aromatic rings. The lowest BCUT2D eigenvalue weighted by atomic mass is 10.3. The van der Waals surface area contributed by atoms with Crippen molar-refractivity contribution < 1.29 is 19.4 Å². The number of nitrogens with zero attached hydrogens (tertiary/aromatic N) is 1. The van der Waals surface area contributed by atoms with Crippen molar-refractivity contribution in [2.24, 2.45) is 0 Å². The highest BCUT2D eigenvalue weighted by atomic mass is 16.6. The summed E-state index contributed by atoms with van der Waals surface area (Å²) in [7, 11) is 0. The molecule has 1 unspecified atom stereocenters. The van der Waals surface area contributed by atoms with E-state index in [1.165, 1.54) is 4.90 Å². The van der Waals surface area contributed by atoms with Gasteiger partial charge in [-0.3, -0.25) is 4.79 Å². The molecule has 0 bridgehead atoms. The summed E-state index contributed by atoms with van der Waals surface area (Å²) in [5, 5.41) is 8.81. The molecule has 1 atom stereocenters. The molecular formula is C10H17NO4. The Balaban J connectivity index is 2.48. The van der Waals surface area contributed by atoms with E-state index in [-0.39, 0.29) is 19.1 Å². The normalized spacial score (nSPS) is 21.0. The van der Waals surface area contributed by atoms with Gasteiger partial charge in [0.2, 0.25) is 0 Å². The number of rotatable bonds is 5. The molecule has 1 saturated heterocycles. The summed E-state index contributed by atoms with van der Waals surface area (Å²) in [4.78, 5) is 13.3. The summed E-state index contributed by atoms with van der Waals surface area (Å²) in [5.41, 5.74) is 0. The molecule has 0 radical (unpaired) electrons. The molecular weight excluding hydrogens is 198 g/mol. The van der Waals surface area contributed by atoms with Crippen LogP contribution in [0.3, 0.4) is 0 Å². The maximum Gasteiger partial charge on any atom is 0.254 e. The molecule has 0 aliphatic carbocycles. The van der Waals surface area contributed by atoms with Crippen molar-refractivity contribution in [3.63, 3.8) is 0 Å². The van der Waals surface area contributed by atoms with Gasteiger partial charge < -0.3 is 19.5 Å². The third-order valence-electron chi connectivity index (χ3n) is 2.12. The number of ether oxygens (including phenoxy) is 2. The number of aliphatic hydroxyl groups excluding tert-OH is 1. The molecule has 1 aliphatic heterocycles. The van der Waals surface area contributed by atoms with Gasteiger partial charge >= 0.3 is 0 Å². The first-order chi connectivity index (χ1) is 7.29. The van der Waals surface area contributed by atoms with Crippen LogP contribution in [0, 0.1) is 0 Å². The average molecular weight is 215 g/mol. The number of aliphatic hydroxyl groups is 1. The second-order valence-corrected chi connectivity index (χ2v) is 3.23. The zero-order valence-electron chi connectivity index (χ0n) is 8.72. The summed E-state index contributed by atoms with van der Waals surface area (Å²) in [5.74, 6) is -0.149. The quantitative estimate of drug-likeness (QED) is 0.623. The van der Waals surface area contributed by atoms with Gasteiger partial charge in [-0.2, -0.15) is 0 Å². The number of hydrogen-bond donors (Lipinski definition) is 1. The Morgan fingerprint density at radius 1 is 1.60 bits per heavy atom. The molecule has 86 valence electrons. The summed E-state index contributed by atoms with van der Waals surface area (Å²) in [6, 6.07) is 0. The first-order valence-corrected chi connectivity index (χ1v) is 4.99. The van der Waals surface area contributed by atoms with Crippen LogP contribution in [0.15, 0.2) is 12.7 Å². The number of hydrogen-bond acceptors (Lipinski definition) is 4. The molecule has 15 heavy (non-hydrogen) atoms. The van der Waals surface area contributed by atoms with Crippen LogP contribution in [0.5, 0.6) is 0 Å². The SMILES string of the molecule is C=CCN(CCO)C(=O)C1COCCO1. The predicted octanol–water partition coefficient (Wildman–Crippen LogP) is -0.591. The zero-order valence-corrected chi connectivity index (χ0v) is 8.72. The van der Waals surface area contributed by atoms with E-state index < -0.39 is 6.10 Å². The van der Waals surface area contributed by atoms with Crippen LogP contribution in [-0.4, -0.2) is 61.5 Å². The molecule has 0 aromatic carbocycles. The molecule has 1 amide bonds. The Hall–Kier alpha value is -0.910. The fraction of sp³-hybridized carbons (Fsp3) is 0.700. The predicted molar refractivity (Wildman–Crippen MR) is 54.4 cm³/mol. The number of carbonyl (C=O) groups is 1. The van der Waals surface area contributed by atoms with E-state index in [9.17, 15) is 4.79 Å². The lowest BCUT2D eigenvalue weighted by Gasteiger charge is -2.28. The van der Waals surface area contributed by atoms with Crippen molar-refractivity contribution in [1.82, 2.24) is 4.90 Å². The molecule has 5 heteroatoms. The molecule has 1 rings (SSSR count). The minimum absolute atomic E-state index is 0.0623. The highest BCUT2D eigenvalue weighted by Gasteiger charge is 2.26. The van der Waals surface area contributed by atoms with Gasteiger partial charge in [0.05, 0.1) is 26.4 Å². The summed E-state index contributed by atoms with van der Waals surface area (Å²) in [6.45, 7) is 5.48. The fourth-order valence-electron chi connectivity index (χ4n) is 1.40. The monoisotopic (exact) mass is 215 g/mol. The van der Waals surface area contributed by atoms with Crippen LogP contribution in [0.1, 0.15) is 0 Å².